The summed E-state index contributed by atoms with van der Waals surface area (Å²) in [4.78, 5) is 16.2. The smallest absolute Gasteiger partial charge is 0.227 e. The highest BCUT2D eigenvalue weighted by Gasteiger charge is 2.11. The van der Waals surface area contributed by atoms with Crippen LogP contribution in [0.15, 0.2) is 53.1 Å². The summed E-state index contributed by atoms with van der Waals surface area (Å²) < 4.78 is 19.4. The highest BCUT2D eigenvalue weighted by atomic mass is 127. The van der Waals surface area contributed by atoms with E-state index < -0.39 is 5.82 Å². The average Bonchev–Trinajstić information content (AvgIpc) is 3.03. The van der Waals surface area contributed by atoms with Crippen molar-refractivity contribution in [3.8, 4) is 11.4 Å². The standard InChI is InChI=1S/C17H13FIN3O2/c18-12-2-1-3-14(10-12)20-15(23)8-9-16-21-17(22-24-16)11-4-6-13(19)7-5-11/h1-7,10H,8-9H2,(H,20,23). The molecule has 0 fully saturated rings. The van der Waals surface area contributed by atoms with Crippen LogP contribution in [0.3, 0.4) is 0 Å². The molecular weight excluding hydrogens is 424 g/mol. The Morgan fingerprint density at radius 2 is 2.00 bits per heavy atom. The molecule has 1 amide bonds. The number of aromatic nitrogens is 2. The molecule has 0 saturated heterocycles. The Labute approximate surface area is 151 Å². The van der Waals surface area contributed by atoms with E-state index in [1.54, 1.807) is 6.07 Å². The van der Waals surface area contributed by atoms with Crippen LogP contribution in [0.4, 0.5) is 10.1 Å². The molecule has 5 nitrogen and oxygen atoms in total. The molecule has 1 aromatic heterocycles. The van der Waals surface area contributed by atoms with Gasteiger partial charge in [0.15, 0.2) is 0 Å². The molecule has 3 rings (SSSR count). The summed E-state index contributed by atoms with van der Waals surface area (Å²) in [5.74, 6) is 0.242. The van der Waals surface area contributed by atoms with Gasteiger partial charge >= 0.3 is 0 Å². The number of aryl methyl sites for hydroxylation is 1. The van der Waals surface area contributed by atoms with Crippen LogP contribution in [0, 0.1) is 9.39 Å². The summed E-state index contributed by atoms with van der Waals surface area (Å²) in [6, 6.07) is 13.5. The number of hydrogen-bond donors (Lipinski definition) is 1. The maximum atomic E-state index is 13.1. The summed E-state index contributed by atoms with van der Waals surface area (Å²) in [6.07, 6.45) is 0.489. The van der Waals surface area contributed by atoms with Crippen molar-refractivity contribution >= 4 is 34.2 Å². The fraction of sp³-hybridized carbons (Fsp3) is 0.118. The Hall–Kier alpha value is -2.29. The molecule has 1 heterocycles. The van der Waals surface area contributed by atoms with Gasteiger partial charge in [-0.3, -0.25) is 4.79 Å². The zero-order valence-electron chi connectivity index (χ0n) is 12.5. The number of nitrogens with one attached hydrogen (secondary N) is 1. The minimum absolute atomic E-state index is 0.171. The quantitative estimate of drug-likeness (QED) is 0.612. The molecule has 0 aliphatic rings. The third-order valence-corrected chi connectivity index (χ3v) is 3.96. The van der Waals surface area contributed by atoms with Crippen LogP contribution in [0.1, 0.15) is 12.3 Å². The second kappa shape index (κ2) is 7.52. The summed E-state index contributed by atoms with van der Waals surface area (Å²) >= 11 is 2.22. The van der Waals surface area contributed by atoms with Gasteiger partial charge in [-0.25, -0.2) is 4.39 Å². The highest BCUT2D eigenvalue weighted by molar-refractivity contribution is 14.1. The molecule has 0 aliphatic heterocycles. The monoisotopic (exact) mass is 437 g/mol. The number of anilines is 1. The summed E-state index contributed by atoms with van der Waals surface area (Å²) in [6.45, 7) is 0. The molecule has 0 bridgehead atoms. The Kier molecular flexibility index (Phi) is 5.19. The molecule has 2 aromatic carbocycles. The topological polar surface area (TPSA) is 68.0 Å². The van der Waals surface area contributed by atoms with Crippen molar-refractivity contribution in [3.63, 3.8) is 0 Å². The van der Waals surface area contributed by atoms with E-state index in [-0.39, 0.29) is 12.3 Å². The molecular formula is C17H13FIN3O2. The summed E-state index contributed by atoms with van der Waals surface area (Å²) in [7, 11) is 0. The first-order valence-corrected chi connectivity index (χ1v) is 8.32. The number of carbonyl (C=O) groups excluding carboxylic acids is 1. The predicted molar refractivity (Wildman–Crippen MR) is 95.8 cm³/mol. The maximum Gasteiger partial charge on any atom is 0.227 e. The van der Waals surface area contributed by atoms with Gasteiger partial charge in [0, 0.05) is 27.7 Å². The number of rotatable bonds is 5. The van der Waals surface area contributed by atoms with Crippen LogP contribution in [-0.4, -0.2) is 16.0 Å². The number of amides is 1. The predicted octanol–water partition coefficient (Wildman–Crippen LogP) is 4.05. The number of nitrogens with zero attached hydrogens (tertiary/aromatic N) is 2. The van der Waals surface area contributed by atoms with Crippen LogP contribution in [-0.2, 0) is 11.2 Å². The van der Waals surface area contributed by atoms with Gasteiger partial charge in [-0.1, -0.05) is 23.4 Å². The van der Waals surface area contributed by atoms with E-state index in [9.17, 15) is 9.18 Å². The molecule has 1 N–H and O–H groups in total. The zero-order valence-corrected chi connectivity index (χ0v) is 14.7. The lowest BCUT2D eigenvalue weighted by Crippen LogP contribution is -2.12. The van der Waals surface area contributed by atoms with Gasteiger partial charge in [0.05, 0.1) is 0 Å². The van der Waals surface area contributed by atoms with Crippen LogP contribution in [0.5, 0.6) is 0 Å². The first-order chi connectivity index (χ1) is 11.6. The SMILES string of the molecule is O=C(CCc1nc(-c2ccc(I)cc2)no1)Nc1cccc(F)c1. The normalized spacial score (nSPS) is 10.6. The van der Waals surface area contributed by atoms with Crippen molar-refractivity contribution in [2.45, 2.75) is 12.8 Å². The summed E-state index contributed by atoms with van der Waals surface area (Å²) in [5.41, 5.74) is 1.28. The number of benzene rings is 2. The van der Waals surface area contributed by atoms with Gasteiger partial charge in [-0.15, -0.1) is 0 Å². The molecule has 0 aliphatic carbocycles. The molecule has 0 spiro atoms. The van der Waals surface area contributed by atoms with E-state index in [0.29, 0.717) is 23.8 Å². The number of carbonyl (C=O) groups is 1. The van der Waals surface area contributed by atoms with E-state index in [0.717, 1.165) is 9.13 Å². The van der Waals surface area contributed by atoms with Gasteiger partial charge in [0.2, 0.25) is 17.6 Å². The van der Waals surface area contributed by atoms with Gasteiger partial charge in [0.1, 0.15) is 5.82 Å². The Morgan fingerprint density at radius 1 is 1.21 bits per heavy atom. The van der Waals surface area contributed by atoms with E-state index in [1.165, 1.54) is 18.2 Å². The fourth-order valence-corrected chi connectivity index (χ4v) is 2.44. The third kappa shape index (κ3) is 4.38. The molecule has 0 atom stereocenters. The van der Waals surface area contributed by atoms with Crippen molar-refractivity contribution in [2.24, 2.45) is 0 Å². The molecule has 0 saturated carbocycles. The molecule has 3 aromatic rings. The molecule has 24 heavy (non-hydrogen) atoms. The second-order valence-corrected chi connectivity index (χ2v) is 6.32. The number of hydrogen-bond acceptors (Lipinski definition) is 4. The van der Waals surface area contributed by atoms with Gasteiger partial charge in [-0.2, -0.15) is 4.98 Å². The fourth-order valence-electron chi connectivity index (χ4n) is 2.08. The molecule has 7 heteroatoms. The minimum atomic E-state index is -0.396. The zero-order chi connectivity index (χ0) is 16.9. The Bertz CT molecular complexity index is 849. The van der Waals surface area contributed by atoms with E-state index in [1.807, 2.05) is 24.3 Å². The van der Waals surface area contributed by atoms with E-state index >= 15 is 0 Å². The van der Waals surface area contributed by atoms with Crippen molar-refractivity contribution in [3.05, 3.63) is 63.8 Å². The lowest BCUT2D eigenvalue weighted by Gasteiger charge is -2.03. The number of halogens is 2. The highest BCUT2D eigenvalue weighted by Crippen LogP contribution is 2.18. The molecule has 0 radical (unpaired) electrons. The van der Waals surface area contributed by atoms with Gasteiger partial charge < -0.3 is 9.84 Å². The van der Waals surface area contributed by atoms with Crippen molar-refractivity contribution in [2.75, 3.05) is 5.32 Å². The second-order valence-electron chi connectivity index (χ2n) is 5.08. The maximum absolute atomic E-state index is 13.1. The van der Waals surface area contributed by atoms with Gasteiger partial charge in [-0.05, 0) is 52.9 Å². The Balaban J connectivity index is 1.57. The van der Waals surface area contributed by atoms with E-state index in [4.69, 9.17) is 4.52 Å². The van der Waals surface area contributed by atoms with Crippen LogP contribution >= 0.6 is 22.6 Å². The lowest BCUT2D eigenvalue weighted by atomic mass is 10.2. The molecule has 0 unspecified atom stereocenters. The van der Waals surface area contributed by atoms with Gasteiger partial charge in [0.25, 0.3) is 0 Å². The van der Waals surface area contributed by atoms with Crippen molar-refractivity contribution in [1.29, 1.82) is 0 Å². The largest absolute Gasteiger partial charge is 0.339 e. The van der Waals surface area contributed by atoms with Crippen LogP contribution in [0.25, 0.3) is 11.4 Å². The van der Waals surface area contributed by atoms with E-state index in [2.05, 4.69) is 38.0 Å². The lowest BCUT2D eigenvalue weighted by molar-refractivity contribution is -0.116. The summed E-state index contributed by atoms with van der Waals surface area (Å²) in [5, 5.41) is 6.55. The Morgan fingerprint density at radius 3 is 2.75 bits per heavy atom. The molecule has 122 valence electrons. The minimum Gasteiger partial charge on any atom is -0.339 e. The first-order valence-electron chi connectivity index (χ1n) is 7.24. The van der Waals surface area contributed by atoms with Crippen LogP contribution in [0.2, 0.25) is 0 Å². The average molecular weight is 437 g/mol. The van der Waals surface area contributed by atoms with Crippen molar-refractivity contribution < 1.29 is 13.7 Å². The first kappa shape index (κ1) is 16.6. The van der Waals surface area contributed by atoms with Crippen LogP contribution < -0.4 is 5.32 Å². The van der Waals surface area contributed by atoms with Crippen molar-refractivity contribution in [1.82, 2.24) is 10.1 Å². The third-order valence-electron chi connectivity index (χ3n) is 3.24.